The van der Waals surface area contributed by atoms with Gasteiger partial charge in [0.05, 0.1) is 0 Å². The largest absolute Gasteiger partial charge is 0.300 e. The van der Waals surface area contributed by atoms with Gasteiger partial charge in [0.2, 0.25) is 0 Å². The van der Waals surface area contributed by atoms with Crippen molar-refractivity contribution in [2.75, 3.05) is 19.6 Å². The number of nitrogens with zero attached hydrogens (tertiary/aromatic N) is 2. The van der Waals surface area contributed by atoms with E-state index in [9.17, 15) is 0 Å². The summed E-state index contributed by atoms with van der Waals surface area (Å²) in [5.41, 5.74) is 0.365. The number of fused-ring (bicyclic) bond motifs is 2. The van der Waals surface area contributed by atoms with Crippen molar-refractivity contribution < 1.29 is 0 Å². The molecule has 0 amide bonds. The average Bonchev–Trinajstić information content (AvgIpc) is 2.16. The van der Waals surface area contributed by atoms with Crippen molar-refractivity contribution in [1.29, 1.82) is 0 Å². The molecule has 0 radical (unpaired) electrons. The summed E-state index contributed by atoms with van der Waals surface area (Å²) in [6, 6.07) is 1.74. The Bertz CT molecular complexity index is 219. The predicted octanol–water partition coefficient (Wildman–Crippen LogP) is 2.34. The van der Waals surface area contributed by atoms with Gasteiger partial charge >= 0.3 is 0 Å². The lowest BCUT2D eigenvalue weighted by Gasteiger charge is -2.52. The minimum atomic E-state index is 0.365. The monoisotopic (exact) mass is 210 g/mol. The Hall–Kier alpha value is -0.0800. The summed E-state index contributed by atoms with van der Waals surface area (Å²) < 4.78 is 0. The van der Waals surface area contributed by atoms with E-state index in [1.54, 1.807) is 0 Å². The zero-order valence-electron chi connectivity index (χ0n) is 10.8. The second kappa shape index (κ2) is 4.06. The van der Waals surface area contributed by atoms with Crippen LogP contribution in [-0.4, -0.2) is 47.1 Å². The number of hydrogen-bond donors (Lipinski definition) is 0. The van der Waals surface area contributed by atoms with Crippen LogP contribution in [0, 0.1) is 0 Å². The third-order valence-electron chi connectivity index (χ3n) is 4.22. The maximum absolute atomic E-state index is 2.73. The molecule has 2 nitrogen and oxygen atoms in total. The number of hydrogen-bond acceptors (Lipinski definition) is 2. The Labute approximate surface area is 94.6 Å². The van der Waals surface area contributed by atoms with E-state index < -0.39 is 0 Å². The first-order chi connectivity index (χ1) is 7.02. The maximum Gasteiger partial charge on any atom is 0.0128 e. The van der Waals surface area contributed by atoms with Gasteiger partial charge in [-0.2, -0.15) is 0 Å². The fourth-order valence-electron chi connectivity index (χ4n) is 3.43. The van der Waals surface area contributed by atoms with Crippen LogP contribution in [0.5, 0.6) is 0 Å². The second-order valence-corrected chi connectivity index (χ2v) is 6.11. The van der Waals surface area contributed by atoms with Crippen LogP contribution in [0.1, 0.15) is 47.0 Å². The first kappa shape index (κ1) is 11.4. The molecule has 2 rings (SSSR count). The molecule has 15 heavy (non-hydrogen) atoms. The first-order valence-corrected chi connectivity index (χ1v) is 6.53. The van der Waals surface area contributed by atoms with Gasteiger partial charge in [-0.3, -0.25) is 4.90 Å². The number of piperidine rings is 2. The van der Waals surface area contributed by atoms with Crippen LogP contribution in [-0.2, 0) is 0 Å². The molecule has 2 aliphatic rings. The van der Waals surface area contributed by atoms with Gasteiger partial charge in [0.1, 0.15) is 0 Å². The molecule has 0 spiro atoms. The molecule has 0 aromatic carbocycles. The SMILES string of the molecule is CCN1CCC2CC1CCN2C(C)(C)C. The third kappa shape index (κ3) is 2.21. The molecule has 2 bridgehead atoms. The Morgan fingerprint density at radius 2 is 1.73 bits per heavy atom. The lowest BCUT2D eigenvalue weighted by atomic mass is 9.86. The summed E-state index contributed by atoms with van der Waals surface area (Å²) in [6.45, 7) is 13.2. The molecule has 0 N–H and O–H groups in total. The van der Waals surface area contributed by atoms with Crippen molar-refractivity contribution >= 4 is 0 Å². The molecule has 2 saturated heterocycles. The molecule has 2 unspecified atom stereocenters. The van der Waals surface area contributed by atoms with Gasteiger partial charge in [-0.05, 0) is 53.1 Å². The van der Waals surface area contributed by atoms with E-state index in [-0.39, 0.29) is 0 Å². The molecule has 88 valence electrons. The molecule has 0 aromatic rings. The van der Waals surface area contributed by atoms with Gasteiger partial charge in [-0.25, -0.2) is 0 Å². The summed E-state index contributed by atoms with van der Waals surface area (Å²) in [4.78, 5) is 5.41. The van der Waals surface area contributed by atoms with Crippen LogP contribution >= 0.6 is 0 Å². The van der Waals surface area contributed by atoms with Gasteiger partial charge in [0.25, 0.3) is 0 Å². The molecule has 2 aliphatic heterocycles. The standard InChI is InChI=1S/C13H26N2/c1-5-14-8-6-12-10-11(14)7-9-15(12)13(2,3)4/h11-12H,5-10H2,1-4H3. The zero-order chi connectivity index (χ0) is 11.1. The zero-order valence-corrected chi connectivity index (χ0v) is 10.8. The van der Waals surface area contributed by atoms with Crippen LogP contribution < -0.4 is 0 Å². The van der Waals surface area contributed by atoms with Crippen molar-refractivity contribution in [3.63, 3.8) is 0 Å². The van der Waals surface area contributed by atoms with Crippen LogP contribution in [0.3, 0.4) is 0 Å². The highest BCUT2D eigenvalue weighted by Gasteiger charge is 2.39. The molecule has 0 aliphatic carbocycles. The lowest BCUT2D eigenvalue weighted by Crippen LogP contribution is -2.60. The molecule has 0 saturated carbocycles. The van der Waals surface area contributed by atoms with Crippen LogP contribution in [0.2, 0.25) is 0 Å². The Balaban J connectivity index is 2.03. The quantitative estimate of drug-likeness (QED) is 0.655. The molecule has 2 atom stereocenters. The van der Waals surface area contributed by atoms with Crippen LogP contribution in [0.25, 0.3) is 0 Å². The Morgan fingerprint density at radius 3 is 2.33 bits per heavy atom. The molecular weight excluding hydrogens is 184 g/mol. The van der Waals surface area contributed by atoms with E-state index in [2.05, 4.69) is 37.5 Å². The minimum absolute atomic E-state index is 0.365. The highest BCUT2D eigenvalue weighted by molar-refractivity contribution is 4.95. The van der Waals surface area contributed by atoms with Gasteiger partial charge in [-0.1, -0.05) is 6.92 Å². The summed E-state index contributed by atoms with van der Waals surface area (Å²) in [7, 11) is 0. The summed E-state index contributed by atoms with van der Waals surface area (Å²) in [5, 5.41) is 0. The van der Waals surface area contributed by atoms with Crippen LogP contribution in [0.15, 0.2) is 0 Å². The maximum atomic E-state index is 2.73. The van der Waals surface area contributed by atoms with Gasteiger partial charge in [-0.15, -0.1) is 0 Å². The Kier molecular flexibility index (Phi) is 3.09. The number of likely N-dealkylation sites (tertiary alicyclic amines) is 2. The summed E-state index contributed by atoms with van der Waals surface area (Å²) >= 11 is 0. The fraction of sp³-hybridized carbons (Fsp3) is 1.00. The molecule has 0 aromatic heterocycles. The molecule has 2 fully saturated rings. The van der Waals surface area contributed by atoms with Crippen molar-refractivity contribution in [3.8, 4) is 0 Å². The number of rotatable bonds is 1. The summed E-state index contributed by atoms with van der Waals surface area (Å²) in [6.07, 6.45) is 4.16. The molecule has 2 heteroatoms. The van der Waals surface area contributed by atoms with E-state index >= 15 is 0 Å². The van der Waals surface area contributed by atoms with Crippen molar-refractivity contribution in [2.45, 2.75) is 64.6 Å². The summed E-state index contributed by atoms with van der Waals surface area (Å²) in [5.74, 6) is 0. The fourth-order valence-corrected chi connectivity index (χ4v) is 3.43. The van der Waals surface area contributed by atoms with E-state index in [1.165, 1.54) is 38.9 Å². The van der Waals surface area contributed by atoms with Gasteiger partial charge < -0.3 is 4.90 Å². The van der Waals surface area contributed by atoms with Crippen molar-refractivity contribution in [1.82, 2.24) is 9.80 Å². The smallest absolute Gasteiger partial charge is 0.0128 e. The van der Waals surface area contributed by atoms with Crippen LogP contribution in [0.4, 0.5) is 0 Å². The Morgan fingerprint density at radius 1 is 1.07 bits per heavy atom. The van der Waals surface area contributed by atoms with E-state index in [0.29, 0.717) is 5.54 Å². The normalized spacial score (nSPS) is 34.4. The van der Waals surface area contributed by atoms with E-state index in [0.717, 1.165) is 12.1 Å². The van der Waals surface area contributed by atoms with Crippen molar-refractivity contribution in [3.05, 3.63) is 0 Å². The van der Waals surface area contributed by atoms with Gasteiger partial charge in [0.15, 0.2) is 0 Å². The molecule has 2 heterocycles. The topological polar surface area (TPSA) is 6.48 Å². The minimum Gasteiger partial charge on any atom is -0.300 e. The third-order valence-corrected chi connectivity index (χ3v) is 4.22. The second-order valence-electron chi connectivity index (χ2n) is 6.11. The van der Waals surface area contributed by atoms with E-state index in [1.807, 2.05) is 0 Å². The van der Waals surface area contributed by atoms with Crippen molar-refractivity contribution in [2.24, 2.45) is 0 Å². The van der Waals surface area contributed by atoms with E-state index in [4.69, 9.17) is 0 Å². The lowest BCUT2D eigenvalue weighted by molar-refractivity contribution is -0.0262. The predicted molar refractivity (Wildman–Crippen MR) is 65.1 cm³/mol. The first-order valence-electron chi connectivity index (χ1n) is 6.53. The highest BCUT2D eigenvalue weighted by Crippen LogP contribution is 2.33. The van der Waals surface area contributed by atoms with Gasteiger partial charge in [0, 0.05) is 24.2 Å². The highest BCUT2D eigenvalue weighted by atomic mass is 15.3. The molecular formula is C13H26N2. The average molecular weight is 210 g/mol.